The van der Waals surface area contributed by atoms with Gasteiger partial charge in [-0.1, -0.05) is 49.9 Å². The quantitative estimate of drug-likeness (QED) is 0.794. The molecule has 0 saturated carbocycles. The highest BCUT2D eigenvalue weighted by Gasteiger charge is 2.12. The first-order chi connectivity index (χ1) is 8.58. The Morgan fingerprint density at radius 2 is 1.83 bits per heavy atom. The minimum atomic E-state index is -0.620. The summed E-state index contributed by atoms with van der Waals surface area (Å²) in [5.74, 6) is 0.659. The SMILES string of the molecule is CCC(CC)CNCC(O)c1cc(Cl)ccc1Cl. The van der Waals surface area contributed by atoms with Crippen molar-refractivity contribution in [3.63, 3.8) is 0 Å². The number of halogens is 2. The minimum Gasteiger partial charge on any atom is -0.387 e. The fourth-order valence-electron chi connectivity index (χ4n) is 1.88. The van der Waals surface area contributed by atoms with Crippen molar-refractivity contribution in [1.29, 1.82) is 0 Å². The van der Waals surface area contributed by atoms with Crippen molar-refractivity contribution >= 4 is 23.2 Å². The Hall–Kier alpha value is -0.280. The first-order valence-corrected chi connectivity index (χ1v) is 7.17. The minimum absolute atomic E-state index is 0.497. The molecule has 1 aromatic carbocycles. The zero-order valence-corrected chi connectivity index (χ0v) is 12.4. The first kappa shape index (κ1) is 15.8. The Morgan fingerprint density at radius 1 is 1.17 bits per heavy atom. The summed E-state index contributed by atoms with van der Waals surface area (Å²) in [6, 6.07) is 5.15. The Kier molecular flexibility index (Phi) is 7.02. The van der Waals surface area contributed by atoms with E-state index >= 15 is 0 Å². The Labute approximate surface area is 119 Å². The molecule has 0 spiro atoms. The van der Waals surface area contributed by atoms with Gasteiger partial charge < -0.3 is 10.4 Å². The van der Waals surface area contributed by atoms with E-state index in [0.29, 0.717) is 28.1 Å². The first-order valence-electron chi connectivity index (χ1n) is 6.42. The van der Waals surface area contributed by atoms with Crippen LogP contribution in [0, 0.1) is 5.92 Å². The van der Waals surface area contributed by atoms with Gasteiger partial charge in [0.05, 0.1) is 6.10 Å². The third-order valence-corrected chi connectivity index (χ3v) is 3.82. The molecule has 0 saturated heterocycles. The third-order valence-electron chi connectivity index (χ3n) is 3.24. The molecule has 0 bridgehead atoms. The smallest absolute Gasteiger partial charge is 0.0929 e. The molecule has 4 heteroatoms. The molecule has 0 heterocycles. The topological polar surface area (TPSA) is 32.3 Å². The van der Waals surface area contributed by atoms with Gasteiger partial charge in [0.25, 0.3) is 0 Å². The molecule has 0 aliphatic carbocycles. The highest BCUT2D eigenvalue weighted by Crippen LogP contribution is 2.26. The number of aliphatic hydroxyl groups excluding tert-OH is 1. The Balaban J connectivity index is 2.50. The van der Waals surface area contributed by atoms with Crippen LogP contribution in [0.3, 0.4) is 0 Å². The van der Waals surface area contributed by atoms with Gasteiger partial charge in [-0.05, 0) is 30.7 Å². The van der Waals surface area contributed by atoms with Crippen LogP contribution in [0.5, 0.6) is 0 Å². The molecule has 0 amide bonds. The molecular weight excluding hydrogens is 269 g/mol. The van der Waals surface area contributed by atoms with Crippen LogP contribution in [0.2, 0.25) is 10.0 Å². The average molecular weight is 290 g/mol. The molecular formula is C14H21Cl2NO. The number of hydrogen-bond donors (Lipinski definition) is 2. The molecule has 1 rings (SSSR count). The van der Waals surface area contributed by atoms with E-state index < -0.39 is 6.10 Å². The summed E-state index contributed by atoms with van der Waals surface area (Å²) in [6.07, 6.45) is 1.68. The van der Waals surface area contributed by atoms with E-state index in [2.05, 4.69) is 19.2 Å². The monoisotopic (exact) mass is 289 g/mol. The van der Waals surface area contributed by atoms with E-state index in [1.807, 2.05) is 0 Å². The predicted octanol–water partition coefficient (Wildman–Crippen LogP) is 4.05. The Morgan fingerprint density at radius 3 is 2.44 bits per heavy atom. The zero-order valence-electron chi connectivity index (χ0n) is 10.9. The van der Waals surface area contributed by atoms with Crippen LogP contribution in [-0.2, 0) is 0 Å². The molecule has 0 aromatic heterocycles. The molecule has 1 atom stereocenters. The standard InChI is InChI=1S/C14H21Cl2NO/c1-3-10(4-2)8-17-9-14(18)12-7-11(15)5-6-13(12)16/h5-7,10,14,17-18H,3-4,8-9H2,1-2H3. The molecule has 2 N–H and O–H groups in total. The lowest BCUT2D eigenvalue weighted by Crippen LogP contribution is -2.27. The number of rotatable bonds is 7. The summed E-state index contributed by atoms with van der Waals surface area (Å²) in [7, 11) is 0. The highest BCUT2D eigenvalue weighted by atomic mass is 35.5. The van der Waals surface area contributed by atoms with Crippen LogP contribution in [0.15, 0.2) is 18.2 Å². The van der Waals surface area contributed by atoms with Crippen molar-refractivity contribution in [1.82, 2.24) is 5.32 Å². The van der Waals surface area contributed by atoms with Crippen LogP contribution in [0.4, 0.5) is 0 Å². The molecule has 0 aliphatic rings. The maximum absolute atomic E-state index is 10.1. The number of benzene rings is 1. The lowest BCUT2D eigenvalue weighted by molar-refractivity contribution is 0.172. The molecule has 1 aromatic rings. The molecule has 2 nitrogen and oxygen atoms in total. The summed E-state index contributed by atoms with van der Waals surface area (Å²) in [5, 5.41) is 14.5. The van der Waals surface area contributed by atoms with Gasteiger partial charge in [0.15, 0.2) is 0 Å². The van der Waals surface area contributed by atoms with E-state index in [-0.39, 0.29) is 0 Å². The lowest BCUT2D eigenvalue weighted by Gasteiger charge is -2.17. The van der Waals surface area contributed by atoms with Crippen molar-refractivity contribution in [3.05, 3.63) is 33.8 Å². The van der Waals surface area contributed by atoms with E-state index in [0.717, 1.165) is 19.4 Å². The Bertz CT molecular complexity index is 367. The van der Waals surface area contributed by atoms with Crippen LogP contribution < -0.4 is 5.32 Å². The number of hydrogen-bond acceptors (Lipinski definition) is 2. The maximum atomic E-state index is 10.1. The van der Waals surface area contributed by atoms with E-state index in [1.165, 1.54) is 0 Å². The van der Waals surface area contributed by atoms with E-state index in [1.54, 1.807) is 18.2 Å². The maximum Gasteiger partial charge on any atom is 0.0929 e. The highest BCUT2D eigenvalue weighted by molar-refractivity contribution is 6.33. The van der Waals surface area contributed by atoms with Gasteiger partial charge >= 0.3 is 0 Å². The van der Waals surface area contributed by atoms with E-state index in [9.17, 15) is 5.11 Å². The molecule has 18 heavy (non-hydrogen) atoms. The van der Waals surface area contributed by atoms with Crippen molar-refractivity contribution in [2.24, 2.45) is 5.92 Å². The van der Waals surface area contributed by atoms with Gasteiger partial charge in [0, 0.05) is 22.2 Å². The van der Waals surface area contributed by atoms with Crippen molar-refractivity contribution in [3.8, 4) is 0 Å². The fourth-order valence-corrected chi connectivity index (χ4v) is 2.31. The normalized spacial score (nSPS) is 13.0. The van der Waals surface area contributed by atoms with Gasteiger partial charge in [-0.3, -0.25) is 0 Å². The van der Waals surface area contributed by atoms with Crippen LogP contribution in [0.1, 0.15) is 38.4 Å². The second kappa shape index (κ2) is 8.00. The van der Waals surface area contributed by atoms with Crippen molar-refractivity contribution < 1.29 is 5.11 Å². The third kappa shape index (κ3) is 4.77. The second-order valence-corrected chi connectivity index (χ2v) is 5.37. The van der Waals surface area contributed by atoms with Crippen molar-refractivity contribution in [2.45, 2.75) is 32.8 Å². The van der Waals surface area contributed by atoms with Gasteiger partial charge in [-0.2, -0.15) is 0 Å². The molecule has 0 fully saturated rings. The largest absolute Gasteiger partial charge is 0.387 e. The van der Waals surface area contributed by atoms with Gasteiger partial charge in [0.2, 0.25) is 0 Å². The molecule has 0 radical (unpaired) electrons. The second-order valence-electron chi connectivity index (χ2n) is 4.52. The summed E-state index contributed by atoms with van der Waals surface area (Å²) in [6.45, 7) is 5.78. The predicted molar refractivity (Wildman–Crippen MR) is 78.4 cm³/mol. The number of aliphatic hydroxyl groups is 1. The van der Waals surface area contributed by atoms with Gasteiger partial charge in [-0.15, -0.1) is 0 Å². The van der Waals surface area contributed by atoms with Crippen LogP contribution in [-0.4, -0.2) is 18.2 Å². The lowest BCUT2D eigenvalue weighted by atomic mass is 10.0. The van der Waals surface area contributed by atoms with Crippen LogP contribution in [0.25, 0.3) is 0 Å². The molecule has 102 valence electrons. The summed E-state index contributed by atoms with van der Waals surface area (Å²) in [5.41, 5.74) is 0.682. The van der Waals surface area contributed by atoms with E-state index in [4.69, 9.17) is 23.2 Å². The summed E-state index contributed by atoms with van der Waals surface area (Å²) < 4.78 is 0. The zero-order chi connectivity index (χ0) is 13.5. The molecule has 1 unspecified atom stereocenters. The molecule has 0 aliphatic heterocycles. The van der Waals surface area contributed by atoms with Gasteiger partial charge in [0.1, 0.15) is 0 Å². The summed E-state index contributed by atoms with van der Waals surface area (Å²) >= 11 is 11.9. The fraction of sp³-hybridized carbons (Fsp3) is 0.571. The van der Waals surface area contributed by atoms with Gasteiger partial charge in [-0.25, -0.2) is 0 Å². The summed E-state index contributed by atoms with van der Waals surface area (Å²) in [4.78, 5) is 0. The van der Waals surface area contributed by atoms with Crippen molar-refractivity contribution in [2.75, 3.05) is 13.1 Å². The average Bonchev–Trinajstić information content (AvgIpc) is 2.37. The van der Waals surface area contributed by atoms with Crippen LogP contribution >= 0.6 is 23.2 Å². The number of nitrogens with one attached hydrogen (secondary N) is 1.